The van der Waals surface area contributed by atoms with Gasteiger partial charge < -0.3 is 10.2 Å². The zero-order valence-electron chi connectivity index (χ0n) is 10.9. The van der Waals surface area contributed by atoms with E-state index in [2.05, 4.69) is 42.2 Å². The fourth-order valence-corrected chi connectivity index (χ4v) is 3.86. The van der Waals surface area contributed by atoms with E-state index in [1.165, 1.54) is 38.6 Å². The molecule has 0 spiro atoms. The molecule has 1 aliphatic carbocycles. The predicted octanol–water partition coefficient (Wildman–Crippen LogP) is 2.34. The van der Waals surface area contributed by atoms with Crippen LogP contribution in [0.2, 0.25) is 0 Å². The van der Waals surface area contributed by atoms with E-state index in [4.69, 9.17) is 0 Å². The Morgan fingerprint density at radius 1 is 1.12 bits per heavy atom. The van der Waals surface area contributed by atoms with Crippen molar-refractivity contribution in [2.45, 2.75) is 62.4 Å². The first kappa shape index (κ1) is 12.7. The molecule has 0 amide bonds. The summed E-state index contributed by atoms with van der Waals surface area (Å²) >= 11 is 2.06. The van der Waals surface area contributed by atoms with Gasteiger partial charge in [-0.25, -0.2) is 0 Å². The zero-order chi connectivity index (χ0) is 11.5. The van der Waals surface area contributed by atoms with Gasteiger partial charge in [0, 0.05) is 29.9 Å². The van der Waals surface area contributed by atoms with Gasteiger partial charge in [0.2, 0.25) is 0 Å². The van der Waals surface area contributed by atoms with E-state index in [0.29, 0.717) is 0 Å². The molecule has 1 aliphatic heterocycles. The number of nitrogens with one attached hydrogen (secondary N) is 1. The molecule has 2 atom stereocenters. The molecule has 16 heavy (non-hydrogen) atoms. The smallest absolute Gasteiger partial charge is 0.0212 e. The molecule has 2 rings (SSSR count). The maximum atomic E-state index is 3.87. The molecular weight excluding hydrogens is 216 g/mol. The molecule has 0 bridgehead atoms. The van der Waals surface area contributed by atoms with Gasteiger partial charge >= 0.3 is 0 Å². The SMILES string of the molecule is CSC1CCC(NC2CC(C)N(C)C2)CC1. The molecule has 0 aromatic heterocycles. The van der Waals surface area contributed by atoms with Crippen molar-refractivity contribution in [2.24, 2.45) is 0 Å². The lowest BCUT2D eigenvalue weighted by molar-refractivity contribution is 0.314. The van der Waals surface area contributed by atoms with Crippen LogP contribution in [0.15, 0.2) is 0 Å². The summed E-state index contributed by atoms with van der Waals surface area (Å²) in [7, 11) is 2.25. The van der Waals surface area contributed by atoms with Crippen LogP contribution in [0.25, 0.3) is 0 Å². The second-order valence-electron chi connectivity index (χ2n) is 5.60. The minimum absolute atomic E-state index is 0.746. The second-order valence-corrected chi connectivity index (χ2v) is 6.74. The quantitative estimate of drug-likeness (QED) is 0.818. The van der Waals surface area contributed by atoms with Gasteiger partial charge in [-0.3, -0.25) is 0 Å². The lowest BCUT2D eigenvalue weighted by Crippen LogP contribution is -2.42. The summed E-state index contributed by atoms with van der Waals surface area (Å²) in [5.41, 5.74) is 0. The van der Waals surface area contributed by atoms with Gasteiger partial charge in [-0.15, -0.1) is 0 Å². The van der Waals surface area contributed by atoms with Gasteiger partial charge in [-0.05, 0) is 52.3 Å². The van der Waals surface area contributed by atoms with Crippen molar-refractivity contribution in [3.05, 3.63) is 0 Å². The monoisotopic (exact) mass is 242 g/mol. The Kier molecular flexibility index (Phi) is 4.57. The third-order valence-electron chi connectivity index (χ3n) is 4.37. The number of likely N-dealkylation sites (tertiary alicyclic amines) is 1. The Labute approximate surface area is 105 Å². The summed E-state index contributed by atoms with van der Waals surface area (Å²) in [4.78, 5) is 2.48. The van der Waals surface area contributed by atoms with E-state index in [1.54, 1.807) is 0 Å². The van der Waals surface area contributed by atoms with Crippen molar-refractivity contribution in [3.63, 3.8) is 0 Å². The van der Waals surface area contributed by atoms with Crippen molar-refractivity contribution >= 4 is 11.8 Å². The van der Waals surface area contributed by atoms with E-state index in [9.17, 15) is 0 Å². The van der Waals surface area contributed by atoms with Gasteiger partial charge in [-0.2, -0.15) is 11.8 Å². The average Bonchev–Trinajstić information content (AvgIpc) is 2.59. The number of thioether (sulfide) groups is 1. The molecule has 2 aliphatic rings. The molecule has 1 heterocycles. The van der Waals surface area contributed by atoms with Gasteiger partial charge in [0.15, 0.2) is 0 Å². The lowest BCUT2D eigenvalue weighted by Gasteiger charge is -2.30. The molecule has 0 radical (unpaired) electrons. The molecule has 1 saturated heterocycles. The summed E-state index contributed by atoms with van der Waals surface area (Å²) in [6.07, 6.45) is 9.19. The number of nitrogens with zero attached hydrogens (tertiary/aromatic N) is 1. The van der Waals surface area contributed by atoms with Crippen LogP contribution in [0.4, 0.5) is 0 Å². The van der Waals surface area contributed by atoms with E-state index in [-0.39, 0.29) is 0 Å². The van der Waals surface area contributed by atoms with E-state index < -0.39 is 0 Å². The van der Waals surface area contributed by atoms with Crippen LogP contribution in [-0.2, 0) is 0 Å². The van der Waals surface area contributed by atoms with Crippen LogP contribution < -0.4 is 5.32 Å². The average molecular weight is 242 g/mol. The minimum atomic E-state index is 0.746. The predicted molar refractivity (Wildman–Crippen MR) is 73.2 cm³/mol. The van der Waals surface area contributed by atoms with Crippen molar-refractivity contribution < 1.29 is 0 Å². The highest BCUT2D eigenvalue weighted by molar-refractivity contribution is 7.99. The normalized spacial score (nSPS) is 41.4. The Morgan fingerprint density at radius 2 is 1.81 bits per heavy atom. The first-order valence-corrected chi connectivity index (χ1v) is 7.97. The summed E-state index contributed by atoms with van der Waals surface area (Å²) in [6, 6.07) is 2.31. The number of hydrogen-bond acceptors (Lipinski definition) is 3. The van der Waals surface area contributed by atoms with Gasteiger partial charge in [-0.1, -0.05) is 0 Å². The zero-order valence-corrected chi connectivity index (χ0v) is 11.7. The topological polar surface area (TPSA) is 15.3 Å². The van der Waals surface area contributed by atoms with Gasteiger partial charge in [0.05, 0.1) is 0 Å². The third-order valence-corrected chi connectivity index (χ3v) is 5.50. The molecule has 2 nitrogen and oxygen atoms in total. The first-order valence-electron chi connectivity index (χ1n) is 6.68. The fourth-order valence-electron chi connectivity index (χ4n) is 3.11. The highest BCUT2D eigenvalue weighted by Gasteiger charge is 2.29. The highest BCUT2D eigenvalue weighted by atomic mass is 32.2. The molecule has 3 heteroatoms. The van der Waals surface area contributed by atoms with Gasteiger partial charge in [0.25, 0.3) is 0 Å². The Morgan fingerprint density at radius 3 is 2.31 bits per heavy atom. The Bertz CT molecular complexity index is 204. The van der Waals surface area contributed by atoms with Crippen molar-refractivity contribution in [3.8, 4) is 0 Å². The van der Waals surface area contributed by atoms with E-state index in [1.807, 2.05) is 0 Å². The molecular formula is C13H26N2S. The van der Waals surface area contributed by atoms with Crippen LogP contribution in [0, 0.1) is 0 Å². The molecule has 2 unspecified atom stereocenters. The Balaban J connectivity index is 1.71. The van der Waals surface area contributed by atoms with Crippen LogP contribution in [-0.4, -0.2) is 48.1 Å². The number of likely N-dealkylation sites (N-methyl/N-ethyl adjacent to an activating group) is 1. The molecule has 0 aromatic rings. The standard InChI is InChI=1S/C13H26N2S/c1-10-8-12(9-15(10)2)14-11-4-6-13(16-3)7-5-11/h10-14H,4-9H2,1-3H3. The molecule has 1 N–H and O–H groups in total. The van der Waals surface area contributed by atoms with Crippen LogP contribution in [0.1, 0.15) is 39.0 Å². The maximum Gasteiger partial charge on any atom is 0.0212 e. The maximum absolute atomic E-state index is 3.87. The molecule has 94 valence electrons. The molecule has 2 fully saturated rings. The van der Waals surface area contributed by atoms with Crippen LogP contribution >= 0.6 is 11.8 Å². The largest absolute Gasteiger partial charge is 0.310 e. The molecule has 0 aromatic carbocycles. The highest BCUT2D eigenvalue weighted by Crippen LogP contribution is 2.27. The summed E-state index contributed by atoms with van der Waals surface area (Å²) < 4.78 is 0. The first-order chi connectivity index (χ1) is 7.69. The van der Waals surface area contributed by atoms with Crippen molar-refractivity contribution in [1.29, 1.82) is 0 Å². The summed E-state index contributed by atoms with van der Waals surface area (Å²) in [5.74, 6) is 0. The van der Waals surface area contributed by atoms with E-state index in [0.717, 1.165) is 23.4 Å². The third kappa shape index (κ3) is 3.14. The van der Waals surface area contributed by atoms with Crippen LogP contribution in [0.5, 0.6) is 0 Å². The summed E-state index contributed by atoms with van der Waals surface area (Å²) in [5, 5.41) is 4.81. The lowest BCUT2D eigenvalue weighted by atomic mass is 9.94. The Hall–Kier alpha value is 0.270. The van der Waals surface area contributed by atoms with E-state index >= 15 is 0 Å². The molecule has 1 saturated carbocycles. The number of rotatable bonds is 3. The van der Waals surface area contributed by atoms with Crippen molar-refractivity contribution in [2.75, 3.05) is 19.8 Å². The van der Waals surface area contributed by atoms with Crippen molar-refractivity contribution in [1.82, 2.24) is 10.2 Å². The van der Waals surface area contributed by atoms with Gasteiger partial charge in [0.1, 0.15) is 0 Å². The minimum Gasteiger partial charge on any atom is -0.310 e. The summed E-state index contributed by atoms with van der Waals surface area (Å²) in [6.45, 7) is 3.58. The number of hydrogen-bond donors (Lipinski definition) is 1. The van der Waals surface area contributed by atoms with Crippen LogP contribution in [0.3, 0.4) is 0 Å². The fraction of sp³-hybridized carbons (Fsp3) is 1.00. The second kappa shape index (κ2) is 5.74.